The first-order valence-electron chi connectivity index (χ1n) is 7.82. The molecule has 0 saturated heterocycles. The average molecular weight is 304 g/mol. The van der Waals surface area contributed by atoms with Crippen molar-refractivity contribution in [1.82, 2.24) is 10.2 Å². The van der Waals surface area contributed by atoms with Crippen LogP contribution in [0.4, 0.5) is 4.79 Å². The van der Waals surface area contributed by atoms with Crippen LogP contribution in [0.25, 0.3) is 0 Å². The number of nitrogens with zero attached hydrogens (tertiary/aromatic N) is 1. The van der Waals surface area contributed by atoms with E-state index in [1.54, 1.807) is 0 Å². The third-order valence-corrected chi connectivity index (χ3v) is 3.86. The van der Waals surface area contributed by atoms with Crippen LogP contribution in [0.3, 0.4) is 0 Å². The highest BCUT2D eigenvalue weighted by Gasteiger charge is 2.32. The van der Waals surface area contributed by atoms with Crippen LogP contribution < -0.4 is 5.32 Å². The number of carbonyl (C=O) groups is 2. The van der Waals surface area contributed by atoms with E-state index in [1.165, 1.54) is 5.56 Å². The average Bonchev–Trinajstić information content (AvgIpc) is 3.29. The third kappa shape index (κ3) is 4.76. The van der Waals surface area contributed by atoms with Crippen LogP contribution in [0, 0.1) is 0 Å². The van der Waals surface area contributed by atoms with Crippen molar-refractivity contribution in [2.75, 3.05) is 6.54 Å². The zero-order chi connectivity index (χ0) is 16.1. The summed E-state index contributed by atoms with van der Waals surface area (Å²) in [7, 11) is 0. The summed E-state index contributed by atoms with van der Waals surface area (Å²) in [6.07, 6.45) is 2.00. The second-order valence-electron chi connectivity index (χ2n) is 6.13. The summed E-state index contributed by atoms with van der Waals surface area (Å²) < 4.78 is 0. The van der Waals surface area contributed by atoms with Gasteiger partial charge in [0.05, 0.1) is 6.42 Å². The lowest BCUT2D eigenvalue weighted by molar-refractivity contribution is -0.136. The van der Waals surface area contributed by atoms with Gasteiger partial charge in [-0.2, -0.15) is 0 Å². The molecule has 120 valence electrons. The smallest absolute Gasteiger partial charge is 0.317 e. The highest BCUT2D eigenvalue weighted by molar-refractivity contribution is 5.76. The van der Waals surface area contributed by atoms with Crippen molar-refractivity contribution in [1.29, 1.82) is 0 Å². The molecule has 5 heteroatoms. The summed E-state index contributed by atoms with van der Waals surface area (Å²) in [4.78, 5) is 24.5. The Labute approximate surface area is 131 Å². The zero-order valence-corrected chi connectivity index (χ0v) is 13.2. The highest BCUT2D eigenvalue weighted by Crippen LogP contribution is 2.28. The molecule has 1 aliphatic carbocycles. The predicted octanol–water partition coefficient (Wildman–Crippen LogP) is 2.96. The lowest BCUT2D eigenvalue weighted by Crippen LogP contribution is -2.41. The molecule has 0 unspecified atom stereocenters. The van der Waals surface area contributed by atoms with E-state index in [2.05, 4.69) is 43.4 Å². The van der Waals surface area contributed by atoms with Crippen LogP contribution in [0.15, 0.2) is 24.3 Å². The van der Waals surface area contributed by atoms with Crippen molar-refractivity contribution in [2.24, 2.45) is 0 Å². The molecular weight excluding hydrogens is 280 g/mol. The van der Waals surface area contributed by atoms with Gasteiger partial charge in [-0.05, 0) is 29.9 Å². The molecule has 0 atom stereocenters. The van der Waals surface area contributed by atoms with Gasteiger partial charge in [-0.25, -0.2) is 4.79 Å². The van der Waals surface area contributed by atoms with Crippen molar-refractivity contribution in [2.45, 2.75) is 51.6 Å². The first-order chi connectivity index (χ1) is 10.5. The molecule has 0 bridgehead atoms. The van der Waals surface area contributed by atoms with Gasteiger partial charge in [-0.3, -0.25) is 4.79 Å². The number of amides is 2. The Morgan fingerprint density at radius 1 is 1.27 bits per heavy atom. The van der Waals surface area contributed by atoms with E-state index in [0.29, 0.717) is 12.5 Å². The van der Waals surface area contributed by atoms with Crippen molar-refractivity contribution < 1.29 is 14.7 Å². The maximum Gasteiger partial charge on any atom is 0.317 e. The third-order valence-electron chi connectivity index (χ3n) is 3.86. The number of carbonyl (C=O) groups excluding carboxylic acids is 1. The van der Waals surface area contributed by atoms with Gasteiger partial charge >= 0.3 is 12.0 Å². The van der Waals surface area contributed by atoms with Crippen molar-refractivity contribution in [3.63, 3.8) is 0 Å². The van der Waals surface area contributed by atoms with Crippen molar-refractivity contribution in [3.05, 3.63) is 35.4 Å². The molecule has 2 N–H and O–H groups in total. The molecule has 5 nitrogen and oxygen atoms in total. The number of hydrogen-bond donors (Lipinski definition) is 2. The fourth-order valence-electron chi connectivity index (χ4n) is 2.34. The fraction of sp³-hybridized carbons (Fsp3) is 0.529. The SMILES string of the molecule is CC(C)c1ccc(CN(C(=O)NCCC(=O)O)C2CC2)cc1. The Morgan fingerprint density at radius 3 is 2.41 bits per heavy atom. The molecule has 1 aromatic rings. The second-order valence-corrected chi connectivity index (χ2v) is 6.13. The van der Waals surface area contributed by atoms with Crippen LogP contribution in [0.2, 0.25) is 0 Å². The van der Waals surface area contributed by atoms with E-state index >= 15 is 0 Å². The van der Waals surface area contributed by atoms with Crippen LogP contribution in [-0.2, 0) is 11.3 Å². The standard InChI is InChI=1S/C17H24N2O3/c1-12(2)14-5-3-13(4-6-14)11-19(15-7-8-15)17(22)18-10-9-16(20)21/h3-6,12,15H,7-11H2,1-2H3,(H,18,22)(H,20,21). The summed E-state index contributed by atoms with van der Waals surface area (Å²) in [6, 6.07) is 8.46. The summed E-state index contributed by atoms with van der Waals surface area (Å²) >= 11 is 0. The molecule has 0 heterocycles. The minimum atomic E-state index is -0.900. The van der Waals surface area contributed by atoms with Gasteiger partial charge < -0.3 is 15.3 Å². The van der Waals surface area contributed by atoms with Crippen LogP contribution >= 0.6 is 0 Å². The van der Waals surface area contributed by atoms with Gasteiger partial charge in [0, 0.05) is 19.1 Å². The maximum atomic E-state index is 12.2. The number of urea groups is 1. The lowest BCUT2D eigenvalue weighted by Gasteiger charge is -2.23. The molecule has 0 spiro atoms. The van der Waals surface area contributed by atoms with Gasteiger partial charge in [0.1, 0.15) is 0 Å². The molecule has 2 amide bonds. The Hall–Kier alpha value is -2.04. The lowest BCUT2D eigenvalue weighted by atomic mass is 10.0. The highest BCUT2D eigenvalue weighted by atomic mass is 16.4. The monoisotopic (exact) mass is 304 g/mol. The normalized spacial score (nSPS) is 14.0. The molecule has 1 aromatic carbocycles. The molecule has 2 rings (SSSR count). The number of hydrogen-bond acceptors (Lipinski definition) is 2. The Morgan fingerprint density at radius 2 is 1.91 bits per heavy atom. The van der Waals surface area contributed by atoms with Gasteiger partial charge in [-0.1, -0.05) is 38.1 Å². The largest absolute Gasteiger partial charge is 0.481 e. The number of nitrogens with one attached hydrogen (secondary N) is 1. The van der Waals surface area contributed by atoms with Crippen molar-refractivity contribution >= 4 is 12.0 Å². The molecule has 0 aromatic heterocycles. The molecule has 1 aliphatic rings. The summed E-state index contributed by atoms with van der Waals surface area (Å²) in [5, 5.41) is 11.3. The number of carboxylic acids is 1. The first kappa shape index (κ1) is 16.3. The molecule has 1 saturated carbocycles. The van der Waals surface area contributed by atoms with Gasteiger partial charge in [0.15, 0.2) is 0 Å². The molecule has 22 heavy (non-hydrogen) atoms. The topological polar surface area (TPSA) is 69.6 Å². The van der Waals surface area contributed by atoms with E-state index in [0.717, 1.165) is 18.4 Å². The maximum absolute atomic E-state index is 12.2. The Balaban J connectivity index is 1.93. The zero-order valence-electron chi connectivity index (χ0n) is 13.2. The van der Waals surface area contributed by atoms with Crippen LogP contribution in [-0.4, -0.2) is 34.6 Å². The number of benzene rings is 1. The number of carboxylic acid groups (broad SMARTS) is 1. The van der Waals surface area contributed by atoms with E-state index < -0.39 is 5.97 Å². The molecule has 1 fully saturated rings. The molecule has 0 radical (unpaired) electrons. The summed E-state index contributed by atoms with van der Waals surface area (Å²) in [6.45, 7) is 5.05. The summed E-state index contributed by atoms with van der Waals surface area (Å²) in [5.41, 5.74) is 2.39. The minimum absolute atomic E-state index is 0.0483. The number of aliphatic carboxylic acids is 1. The quantitative estimate of drug-likeness (QED) is 0.813. The van der Waals surface area contributed by atoms with Gasteiger partial charge in [0.2, 0.25) is 0 Å². The van der Waals surface area contributed by atoms with E-state index in [-0.39, 0.29) is 25.0 Å². The van der Waals surface area contributed by atoms with E-state index in [4.69, 9.17) is 5.11 Å². The van der Waals surface area contributed by atoms with E-state index in [9.17, 15) is 9.59 Å². The Bertz CT molecular complexity index is 521. The predicted molar refractivity (Wildman–Crippen MR) is 84.7 cm³/mol. The Kier molecular flexibility index (Phi) is 5.41. The molecular formula is C17H24N2O3. The second kappa shape index (κ2) is 7.29. The summed E-state index contributed by atoms with van der Waals surface area (Å²) in [5.74, 6) is -0.407. The van der Waals surface area contributed by atoms with Gasteiger partial charge in [0.25, 0.3) is 0 Å². The molecule has 0 aliphatic heterocycles. The van der Waals surface area contributed by atoms with Gasteiger partial charge in [-0.15, -0.1) is 0 Å². The fourth-order valence-corrected chi connectivity index (χ4v) is 2.34. The minimum Gasteiger partial charge on any atom is -0.481 e. The first-order valence-corrected chi connectivity index (χ1v) is 7.82. The van der Waals surface area contributed by atoms with Crippen molar-refractivity contribution in [3.8, 4) is 0 Å². The van der Waals surface area contributed by atoms with Crippen LogP contribution in [0.1, 0.15) is 50.2 Å². The van der Waals surface area contributed by atoms with E-state index in [1.807, 2.05) is 4.90 Å². The van der Waals surface area contributed by atoms with Crippen LogP contribution in [0.5, 0.6) is 0 Å². The number of rotatable bonds is 7.